The van der Waals surface area contributed by atoms with Gasteiger partial charge in [-0.2, -0.15) is 0 Å². The summed E-state index contributed by atoms with van der Waals surface area (Å²) >= 11 is 1.81. The lowest BCUT2D eigenvalue weighted by Crippen LogP contribution is -2.36. The summed E-state index contributed by atoms with van der Waals surface area (Å²) in [5.41, 5.74) is -0.431. The van der Waals surface area contributed by atoms with E-state index in [1.165, 1.54) is 4.88 Å². The highest BCUT2D eigenvalue weighted by molar-refractivity contribution is 7.10. The Morgan fingerprint density at radius 3 is 2.95 bits per heavy atom. The Morgan fingerprint density at radius 1 is 1.57 bits per heavy atom. The molecule has 0 radical (unpaired) electrons. The Kier molecular flexibility index (Phi) is 5.27. The average molecular weight is 310 g/mol. The Balaban J connectivity index is 1.74. The van der Waals surface area contributed by atoms with Crippen molar-refractivity contribution in [3.8, 4) is 0 Å². The minimum atomic E-state index is -0.431. The van der Waals surface area contributed by atoms with E-state index >= 15 is 0 Å². The van der Waals surface area contributed by atoms with Gasteiger partial charge in [-0.05, 0) is 58.0 Å². The standard InChI is InChI=1S/C16H26N2O2S/c1-12(14-6-5-9-21-14)18-8-7-13(11-18)10-17-15(19)20-16(2,3)4/h5-6,9,12-13H,7-8,10-11H2,1-4H3,(H,17,19). The maximum atomic E-state index is 11.7. The predicted octanol–water partition coefficient (Wildman–Crippen LogP) is 3.66. The van der Waals surface area contributed by atoms with Crippen LogP contribution < -0.4 is 5.32 Å². The number of amides is 1. The van der Waals surface area contributed by atoms with Crippen molar-refractivity contribution >= 4 is 17.4 Å². The summed E-state index contributed by atoms with van der Waals surface area (Å²) in [7, 11) is 0. The second-order valence-electron chi connectivity index (χ2n) is 6.72. The number of hydrogen-bond donors (Lipinski definition) is 1. The molecule has 2 atom stereocenters. The van der Waals surface area contributed by atoms with Gasteiger partial charge in [0.1, 0.15) is 5.60 Å². The molecule has 0 spiro atoms. The number of rotatable bonds is 4. The monoisotopic (exact) mass is 310 g/mol. The molecular formula is C16H26N2O2S. The van der Waals surface area contributed by atoms with Crippen molar-refractivity contribution in [3.63, 3.8) is 0 Å². The summed E-state index contributed by atoms with van der Waals surface area (Å²) in [6.45, 7) is 10.7. The molecule has 1 aromatic heterocycles. The molecule has 1 fully saturated rings. The third-order valence-corrected chi connectivity index (χ3v) is 4.80. The molecule has 1 saturated heterocycles. The van der Waals surface area contributed by atoms with Crippen molar-refractivity contribution < 1.29 is 9.53 Å². The maximum absolute atomic E-state index is 11.7. The highest BCUT2D eigenvalue weighted by Crippen LogP contribution is 2.29. The molecule has 1 aromatic rings. The van der Waals surface area contributed by atoms with Crippen molar-refractivity contribution in [1.29, 1.82) is 0 Å². The second-order valence-corrected chi connectivity index (χ2v) is 7.70. The number of alkyl carbamates (subject to hydrolysis) is 1. The molecule has 2 heterocycles. The van der Waals surface area contributed by atoms with Gasteiger partial charge in [-0.15, -0.1) is 11.3 Å². The van der Waals surface area contributed by atoms with Crippen molar-refractivity contribution in [1.82, 2.24) is 10.2 Å². The highest BCUT2D eigenvalue weighted by Gasteiger charge is 2.27. The number of thiophene rings is 1. The molecule has 0 saturated carbocycles. The van der Waals surface area contributed by atoms with Crippen molar-refractivity contribution in [2.24, 2.45) is 5.92 Å². The lowest BCUT2D eigenvalue weighted by atomic mass is 10.1. The number of carbonyl (C=O) groups is 1. The summed E-state index contributed by atoms with van der Waals surface area (Å²) in [6, 6.07) is 4.77. The third kappa shape index (κ3) is 5.00. The van der Waals surface area contributed by atoms with E-state index in [9.17, 15) is 4.79 Å². The molecule has 2 rings (SSSR count). The Labute approximate surface area is 131 Å². The van der Waals surface area contributed by atoms with E-state index in [0.717, 1.165) is 19.5 Å². The van der Waals surface area contributed by atoms with Gasteiger partial charge in [0.25, 0.3) is 0 Å². The fraction of sp³-hybridized carbons (Fsp3) is 0.688. The maximum Gasteiger partial charge on any atom is 0.407 e. The summed E-state index contributed by atoms with van der Waals surface area (Å²) in [5.74, 6) is 0.514. The van der Waals surface area contributed by atoms with Crippen LogP contribution >= 0.6 is 11.3 Å². The topological polar surface area (TPSA) is 41.6 Å². The third-order valence-electron chi connectivity index (χ3n) is 3.75. The second kappa shape index (κ2) is 6.79. The summed E-state index contributed by atoms with van der Waals surface area (Å²) in [6.07, 6.45) is 0.818. The normalized spacial score (nSPS) is 21.2. The molecule has 5 heteroatoms. The lowest BCUT2D eigenvalue weighted by molar-refractivity contribution is 0.0519. The Morgan fingerprint density at radius 2 is 2.33 bits per heavy atom. The van der Waals surface area contributed by atoms with Gasteiger partial charge in [0.2, 0.25) is 0 Å². The number of carbonyl (C=O) groups excluding carboxylic acids is 1. The van der Waals surface area contributed by atoms with Gasteiger partial charge in [-0.3, -0.25) is 4.90 Å². The van der Waals surface area contributed by atoms with Crippen LogP contribution in [-0.2, 0) is 4.74 Å². The zero-order valence-corrected chi connectivity index (χ0v) is 14.2. The summed E-state index contributed by atoms with van der Waals surface area (Å²) in [4.78, 5) is 15.6. The van der Waals surface area contributed by atoms with E-state index in [0.29, 0.717) is 18.5 Å². The molecule has 1 N–H and O–H groups in total. The molecule has 1 aliphatic rings. The molecule has 1 aliphatic heterocycles. The molecule has 4 nitrogen and oxygen atoms in total. The molecule has 2 unspecified atom stereocenters. The highest BCUT2D eigenvalue weighted by atomic mass is 32.1. The van der Waals surface area contributed by atoms with Gasteiger partial charge >= 0.3 is 6.09 Å². The first-order valence-corrected chi connectivity index (χ1v) is 8.47. The van der Waals surface area contributed by atoms with Crippen LogP contribution in [0.25, 0.3) is 0 Å². The van der Waals surface area contributed by atoms with Gasteiger partial charge in [0.15, 0.2) is 0 Å². The van der Waals surface area contributed by atoms with E-state index in [-0.39, 0.29) is 6.09 Å². The first-order valence-electron chi connectivity index (χ1n) is 7.59. The van der Waals surface area contributed by atoms with Crippen molar-refractivity contribution in [3.05, 3.63) is 22.4 Å². The molecule has 21 heavy (non-hydrogen) atoms. The molecule has 1 amide bonds. The van der Waals surface area contributed by atoms with Crippen LogP contribution in [0, 0.1) is 5.92 Å². The van der Waals surface area contributed by atoms with Crippen molar-refractivity contribution in [2.75, 3.05) is 19.6 Å². The Bertz CT molecular complexity index is 453. The molecule has 118 valence electrons. The van der Waals surface area contributed by atoms with Gasteiger partial charge in [0, 0.05) is 24.0 Å². The van der Waals surface area contributed by atoms with Crippen LogP contribution in [0.4, 0.5) is 4.79 Å². The molecule has 0 aliphatic carbocycles. The summed E-state index contributed by atoms with van der Waals surface area (Å²) < 4.78 is 5.27. The van der Waals surface area contributed by atoms with Crippen LogP contribution in [0.5, 0.6) is 0 Å². The molecule has 0 bridgehead atoms. The number of ether oxygens (including phenoxy) is 1. The summed E-state index contributed by atoms with van der Waals surface area (Å²) in [5, 5.41) is 5.02. The van der Waals surface area contributed by atoms with E-state index in [4.69, 9.17) is 4.74 Å². The zero-order valence-electron chi connectivity index (χ0n) is 13.4. The van der Waals surface area contributed by atoms with Crippen molar-refractivity contribution in [2.45, 2.75) is 45.8 Å². The lowest BCUT2D eigenvalue weighted by Gasteiger charge is -2.24. The first-order chi connectivity index (χ1) is 9.85. The van der Waals surface area contributed by atoms with Crippen LogP contribution in [0.1, 0.15) is 45.0 Å². The van der Waals surface area contributed by atoms with Crippen LogP contribution in [0.2, 0.25) is 0 Å². The predicted molar refractivity (Wildman–Crippen MR) is 86.7 cm³/mol. The fourth-order valence-corrected chi connectivity index (χ4v) is 3.45. The minimum Gasteiger partial charge on any atom is -0.444 e. The number of nitrogens with one attached hydrogen (secondary N) is 1. The average Bonchev–Trinajstić information content (AvgIpc) is 3.05. The van der Waals surface area contributed by atoms with Gasteiger partial charge < -0.3 is 10.1 Å². The zero-order chi connectivity index (χ0) is 15.5. The quantitative estimate of drug-likeness (QED) is 0.923. The number of likely N-dealkylation sites (tertiary alicyclic amines) is 1. The SMILES string of the molecule is CC(c1cccs1)N1CCC(CNC(=O)OC(C)(C)C)C1. The number of nitrogens with zero attached hydrogens (tertiary/aromatic N) is 1. The van der Waals surface area contributed by atoms with Gasteiger partial charge in [0.05, 0.1) is 0 Å². The van der Waals surface area contributed by atoms with Gasteiger partial charge in [-0.25, -0.2) is 4.79 Å². The van der Waals surface area contributed by atoms with Crippen LogP contribution in [-0.4, -0.2) is 36.2 Å². The van der Waals surface area contributed by atoms with E-state index in [1.54, 1.807) is 0 Å². The van der Waals surface area contributed by atoms with E-state index in [2.05, 4.69) is 34.7 Å². The molecular weight excluding hydrogens is 284 g/mol. The van der Waals surface area contributed by atoms with Gasteiger partial charge in [-0.1, -0.05) is 6.07 Å². The van der Waals surface area contributed by atoms with Crippen LogP contribution in [0.15, 0.2) is 17.5 Å². The largest absolute Gasteiger partial charge is 0.444 e. The smallest absolute Gasteiger partial charge is 0.407 e. The molecule has 0 aromatic carbocycles. The fourth-order valence-electron chi connectivity index (χ4n) is 2.63. The van der Waals surface area contributed by atoms with E-state index < -0.39 is 5.60 Å². The minimum absolute atomic E-state index is 0.313. The van der Waals surface area contributed by atoms with E-state index in [1.807, 2.05) is 32.1 Å². The van der Waals surface area contributed by atoms with Crippen LogP contribution in [0.3, 0.4) is 0 Å². The first kappa shape index (κ1) is 16.3. The number of hydrogen-bond acceptors (Lipinski definition) is 4. The Hall–Kier alpha value is -1.07.